The first-order valence-electron chi connectivity index (χ1n) is 6.34. The summed E-state index contributed by atoms with van der Waals surface area (Å²) in [5, 5.41) is 8.80. The zero-order valence-electron chi connectivity index (χ0n) is 10.8. The highest BCUT2D eigenvalue weighted by atomic mass is 16.3. The molecule has 1 atom stereocenters. The second kappa shape index (κ2) is 5.67. The van der Waals surface area contributed by atoms with E-state index in [1.54, 1.807) is 0 Å². The molecule has 0 radical (unpaired) electrons. The summed E-state index contributed by atoms with van der Waals surface area (Å²) in [6, 6.07) is 0. The molecular formula is C13H25NO2. The zero-order valence-corrected chi connectivity index (χ0v) is 10.8. The largest absolute Gasteiger partial charge is 0.396 e. The second-order valence-corrected chi connectivity index (χ2v) is 5.85. The molecular weight excluding hydrogens is 202 g/mol. The van der Waals surface area contributed by atoms with Crippen LogP contribution in [0.5, 0.6) is 0 Å². The molecule has 0 spiro atoms. The minimum absolute atomic E-state index is 0.173. The number of carbonyl (C=O) groups excluding carboxylic acids is 1. The van der Waals surface area contributed by atoms with Gasteiger partial charge in [0.05, 0.1) is 0 Å². The average Bonchev–Trinajstić information content (AvgIpc) is 2.37. The van der Waals surface area contributed by atoms with Crippen molar-refractivity contribution < 1.29 is 9.90 Å². The number of hydrogen-bond acceptors (Lipinski definition) is 2. The number of aliphatic hydroxyl groups excluding tert-OH is 1. The van der Waals surface area contributed by atoms with E-state index in [9.17, 15) is 4.79 Å². The molecule has 1 heterocycles. The van der Waals surface area contributed by atoms with Gasteiger partial charge in [-0.25, -0.2) is 0 Å². The van der Waals surface area contributed by atoms with Gasteiger partial charge >= 0.3 is 0 Å². The molecule has 0 aliphatic carbocycles. The molecule has 16 heavy (non-hydrogen) atoms. The molecule has 0 aromatic carbocycles. The number of likely N-dealkylation sites (tertiary alicyclic amines) is 1. The van der Waals surface area contributed by atoms with Gasteiger partial charge in [-0.2, -0.15) is 0 Å². The first kappa shape index (κ1) is 13.5. The molecule has 1 N–H and O–H groups in total. The van der Waals surface area contributed by atoms with Crippen LogP contribution < -0.4 is 0 Å². The lowest BCUT2D eigenvalue weighted by Crippen LogP contribution is -2.32. The van der Waals surface area contributed by atoms with Crippen molar-refractivity contribution in [3.8, 4) is 0 Å². The first-order valence-corrected chi connectivity index (χ1v) is 6.34. The monoisotopic (exact) mass is 227 g/mol. The Bertz CT molecular complexity index is 233. The maximum Gasteiger partial charge on any atom is 0.222 e. The molecule has 0 bridgehead atoms. The van der Waals surface area contributed by atoms with Gasteiger partial charge < -0.3 is 10.0 Å². The van der Waals surface area contributed by atoms with Crippen LogP contribution in [0.25, 0.3) is 0 Å². The average molecular weight is 227 g/mol. The van der Waals surface area contributed by atoms with Crippen LogP contribution in [0.3, 0.4) is 0 Å². The van der Waals surface area contributed by atoms with Gasteiger partial charge in [0, 0.05) is 26.1 Å². The highest BCUT2D eigenvalue weighted by Crippen LogP contribution is 2.34. The Hall–Kier alpha value is -0.570. The highest BCUT2D eigenvalue weighted by Gasteiger charge is 2.29. The Morgan fingerprint density at radius 2 is 2.06 bits per heavy atom. The Labute approximate surface area is 98.8 Å². The fraction of sp³-hybridized carbons (Fsp3) is 0.923. The SMILES string of the molecule is CC(C)(C)C1CCC(=O)N(CCCO)CC1. The minimum atomic E-state index is 0.173. The van der Waals surface area contributed by atoms with E-state index in [-0.39, 0.29) is 12.5 Å². The van der Waals surface area contributed by atoms with Crippen molar-refractivity contribution in [2.45, 2.75) is 46.5 Å². The van der Waals surface area contributed by atoms with Crippen LogP contribution in [0.15, 0.2) is 0 Å². The van der Waals surface area contributed by atoms with E-state index in [1.807, 2.05) is 4.90 Å². The Kier molecular flexibility index (Phi) is 4.78. The third-order valence-electron chi connectivity index (χ3n) is 3.62. The fourth-order valence-electron chi connectivity index (χ4n) is 2.40. The molecule has 3 heteroatoms. The standard InChI is InChI=1S/C13H25NO2/c1-13(2,3)11-5-6-12(16)14(9-7-11)8-4-10-15/h11,15H,4-10H2,1-3H3. The van der Waals surface area contributed by atoms with E-state index in [1.165, 1.54) is 0 Å². The topological polar surface area (TPSA) is 40.5 Å². The quantitative estimate of drug-likeness (QED) is 0.801. The molecule has 0 aromatic rings. The van der Waals surface area contributed by atoms with Gasteiger partial charge in [-0.05, 0) is 30.6 Å². The van der Waals surface area contributed by atoms with Crippen LogP contribution in [0.4, 0.5) is 0 Å². The van der Waals surface area contributed by atoms with Gasteiger partial charge in [0.1, 0.15) is 0 Å². The minimum Gasteiger partial charge on any atom is -0.396 e. The van der Waals surface area contributed by atoms with Crippen LogP contribution in [-0.4, -0.2) is 35.6 Å². The number of hydrogen-bond donors (Lipinski definition) is 1. The van der Waals surface area contributed by atoms with Crippen LogP contribution >= 0.6 is 0 Å². The second-order valence-electron chi connectivity index (χ2n) is 5.85. The summed E-state index contributed by atoms with van der Waals surface area (Å²) >= 11 is 0. The number of nitrogens with zero attached hydrogens (tertiary/aromatic N) is 1. The van der Waals surface area contributed by atoms with Gasteiger partial charge in [-0.1, -0.05) is 20.8 Å². The predicted molar refractivity (Wildman–Crippen MR) is 65.1 cm³/mol. The molecule has 1 fully saturated rings. The van der Waals surface area contributed by atoms with Gasteiger partial charge in [0.15, 0.2) is 0 Å². The maximum atomic E-state index is 11.8. The summed E-state index contributed by atoms with van der Waals surface area (Å²) in [5.41, 5.74) is 0.299. The highest BCUT2D eigenvalue weighted by molar-refractivity contribution is 5.76. The summed E-state index contributed by atoms with van der Waals surface area (Å²) in [4.78, 5) is 13.8. The summed E-state index contributed by atoms with van der Waals surface area (Å²) in [5.74, 6) is 0.899. The Morgan fingerprint density at radius 3 is 2.62 bits per heavy atom. The maximum absolute atomic E-state index is 11.8. The lowest BCUT2D eigenvalue weighted by molar-refractivity contribution is -0.130. The van der Waals surface area contributed by atoms with Gasteiger partial charge in [0.25, 0.3) is 0 Å². The third-order valence-corrected chi connectivity index (χ3v) is 3.62. The molecule has 94 valence electrons. The van der Waals surface area contributed by atoms with Crippen molar-refractivity contribution in [2.24, 2.45) is 11.3 Å². The van der Waals surface area contributed by atoms with Crippen LogP contribution in [0.1, 0.15) is 46.5 Å². The van der Waals surface area contributed by atoms with E-state index in [2.05, 4.69) is 20.8 Å². The van der Waals surface area contributed by atoms with E-state index in [0.29, 0.717) is 30.7 Å². The number of rotatable bonds is 3. The lowest BCUT2D eigenvalue weighted by Gasteiger charge is -2.29. The van der Waals surface area contributed by atoms with Gasteiger partial charge in [-0.15, -0.1) is 0 Å². The third kappa shape index (κ3) is 3.78. The Morgan fingerprint density at radius 1 is 1.38 bits per heavy atom. The van der Waals surface area contributed by atoms with Crippen molar-refractivity contribution in [2.75, 3.05) is 19.7 Å². The molecule has 1 amide bonds. The van der Waals surface area contributed by atoms with E-state index < -0.39 is 0 Å². The molecule has 1 saturated heterocycles. The summed E-state index contributed by atoms with van der Waals surface area (Å²) in [6.07, 6.45) is 3.48. The van der Waals surface area contributed by atoms with Crippen molar-refractivity contribution in [1.29, 1.82) is 0 Å². The molecule has 1 rings (SSSR count). The smallest absolute Gasteiger partial charge is 0.222 e. The van der Waals surface area contributed by atoms with Crippen LogP contribution in [-0.2, 0) is 4.79 Å². The Balaban J connectivity index is 2.52. The number of aliphatic hydroxyl groups is 1. The normalized spacial score (nSPS) is 23.4. The van der Waals surface area contributed by atoms with E-state index >= 15 is 0 Å². The summed E-state index contributed by atoms with van der Waals surface area (Å²) in [7, 11) is 0. The summed E-state index contributed by atoms with van der Waals surface area (Å²) < 4.78 is 0. The van der Waals surface area contributed by atoms with E-state index in [4.69, 9.17) is 5.11 Å². The molecule has 1 aliphatic heterocycles. The molecule has 1 unspecified atom stereocenters. The van der Waals surface area contributed by atoms with Gasteiger partial charge in [0.2, 0.25) is 5.91 Å². The molecule has 1 aliphatic rings. The van der Waals surface area contributed by atoms with Crippen molar-refractivity contribution in [3.05, 3.63) is 0 Å². The number of amides is 1. The lowest BCUT2D eigenvalue weighted by atomic mass is 9.77. The van der Waals surface area contributed by atoms with E-state index in [0.717, 1.165) is 19.4 Å². The molecule has 0 saturated carbocycles. The van der Waals surface area contributed by atoms with Crippen LogP contribution in [0.2, 0.25) is 0 Å². The van der Waals surface area contributed by atoms with Crippen molar-refractivity contribution >= 4 is 5.91 Å². The van der Waals surface area contributed by atoms with Crippen LogP contribution in [0, 0.1) is 11.3 Å². The summed E-state index contributed by atoms with van der Waals surface area (Å²) in [6.45, 7) is 8.52. The van der Waals surface area contributed by atoms with Crippen molar-refractivity contribution in [3.63, 3.8) is 0 Å². The molecule has 0 aromatic heterocycles. The predicted octanol–water partition coefficient (Wildman–Crippen LogP) is 2.04. The van der Waals surface area contributed by atoms with Crippen molar-refractivity contribution in [1.82, 2.24) is 4.90 Å². The first-order chi connectivity index (χ1) is 7.45. The zero-order chi connectivity index (χ0) is 12.2. The molecule has 3 nitrogen and oxygen atoms in total. The number of carbonyl (C=O) groups is 1. The van der Waals surface area contributed by atoms with Gasteiger partial charge in [-0.3, -0.25) is 4.79 Å². The fourth-order valence-corrected chi connectivity index (χ4v) is 2.40.